The predicted octanol–water partition coefficient (Wildman–Crippen LogP) is 2.84. The highest BCUT2D eigenvalue weighted by atomic mass is 16.5. The van der Waals surface area contributed by atoms with E-state index in [0.29, 0.717) is 22.7 Å². The Morgan fingerprint density at radius 2 is 1.97 bits per heavy atom. The fourth-order valence-corrected chi connectivity index (χ4v) is 3.39. The zero-order valence-corrected chi connectivity index (χ0v) is 18.0. The van der Waals surface area contributed by atoms with Crippen LogP contribution in [0.4, 0.5) is 5.69 Å². The fourth-order valence-electron chi connectivity index (χ4n) is 3.39. The quantitative estimate of drug-likeness (QED) is 0.440. The molecule has 7 heteroatoms. The van der Waals surface area contributed by atoms with E-state index in [0.717, 1.165) is 31.5 Å². The number of nitrogens with one attached hydrogen (secondary N) is 3. The van der Waals surface area contributed by atoms with Gasteiger partial charge in [0.25, 0.3) is 5.91 Å². The minimum absolute atomic E-state index is 0.134. The number of ether oxygens (including phenoxy) is 2. The number of terminal acetylenes is 1. The topological polar surface area (TPSA) is 88.7 Å². The van der Waals surface area contributed by atoms with Gasteiger partial charge in [0.1, 0.15) is 6.61 Å². The standard InChI is InChI=1S/C25H27N3O4/c1-3-16-32-22-10-8-18(17-23(22)31-2)9-11-24(29)28-21-7-5-4-6-20(21)25(30)27-19-12-14-26-15-13-19/h1,4-11,17,19,26H,12-16H2,2H3,(H,27,30)(H,28,29)/b11-9+. The minimum Gasteiger partial charge on any atom is -0.493 e. The zero-order chi connectivity index (χ0) is 22.8. The number of hydrogen-bond acceptors (Lipinski definition) is 5. The molecule has 1 aliphatic heterocycles. The van der Waals surface area contributed by atoms with Crippen LogP contribution in [0.15, 0.2) is 48.5 Å². The van der Waals surface area contributed by atoms with Crippen LogP contribution in [0, 0.1) is 12.3 Å². The monoisotopic (exact) mass is 433 g/mol. The normalized spacial score (nSPS) is 13.9. The predicted molar refractivity (Wildman–Crippen MR) is 125 cm³/mol. The Bertz CT molecular complexity index is 1020. The summed E-state index contributed by atoms with van der Waals surface area (Å²) in [6.45, 7) is 1.91. The molecule has 3 rings (SSSR count). The molecular formula is C25H27N3O4. The summed E-state index contributed by atoms with van der Waals surface area (Å²) < 4.78 is 10.7. The third-order valence-corrected chi connectivity index (χ3v) is 5.03. The SMILES string of the molecule is C#CCOc1ccc(/C=C/C(=O)Nc2ccccc2C(=O)NC2CCNCC2)cc1OC. The van der Waals surface area contributed by atoms with Crippen LogP contribution in [0.1, 0.15) is 28.8 Å². The number of carbonyl (C=O) groups excluding carboxylic acids is 2. The first-order valence-electron chi connectivity index (χ1n) is 10.4. The highest BCUT2D eigenvalue weighted by Gasteiger charge is 2.18. The van der Waals surface area contributed by atoms with Gasteiger partial charge in [-0.25, -0.2) is 0 Å². The van der Waals surface area contributed by atoms with E-state index in [4.69, 9.17) is 15.9 Å². The van der Waals surface area contributed by atoms with Crippen molar-refractivity contribution in [2.45, 2.75) is 18.9 Å². The molecule has 1 aliphatic rings. The maximum Gasteiger partial charge on any atom is 0.253 e. The zero-order valence-electron chi connectivity index (χ0n) is 18.0. The number of methoxy groups -OCH3 is 1. The third-order valence-electron chi connectivity index (χ3n) is 5.03. The van der Waals surface area contributed by atoms with Crippen molar-refractivity contribution < 1.29 is 19.1 Å². The molecule has 0 aromatic heterocycles. The summed E-state index contributed by atoms with van der Waals surface area (Å²) >= 11 is 0. The molecule has 0 unspecified atom stereocenters. The second kappa shape index (κ2) is 11.6. The molecule has 1 saturated heterocycles. The van der Waals surface area contributed by atoms with Gasteiger partial charge in [-0.05, 0) is 61.8 Å². The first-order chi connectivity index (χ1) is 15.6. The van der Waals surface area contributed by atoms with E-state index in [1.165, 1.54) is 13.2 Å². The molecule has 0 radical (unpaired) electrons. The van der Waals surface area contributed by atoms with Crippen LogP contribution >= 0.6 is 0 Å². The van der Waals surface area contributed by atoms with E-state index < -0.39 is 0 Å². The van der Waals surface area contributed by atoms with E-state index >= 15 is 0 Å². The number of carbonyl (C=O) groups is 2. The molecule has 1 fully saturated rings. The molecule has 2 aromatic rings. The van der Waals surface area contributed by atoms with Crippen molar-refractivity contribution in [1.29, 1.82) is 0 Å². The van der Waals surface area contributed by atoms with Gasteiger partial charge in [-0.2, -0.15) is 0 Å². The molecule has 166 valence electrons. The third kappa shape index (κ3) is 6.37. The number of rotatable bonds is 8. The van der Waals surface area contributed by atoms with Gasteiger partial charge >= 0.3 is 0 Å². The number of para-hydroxylation sites is 1. The van der Waals surface area contributed by atoms with Gasteiger partial charge in [-0.1, -0.05) is 24.1 Å². The van der Waals surface area contributed by atoms with E-state index in [1.54, 1.807) is 48.5 Å². The van der Waals surface area contributed by atoms with Crippen molar-refractivity contribution in [2.24, 2.45) is 0 Å². The van der Waals surface area contributed by atoms with Crippen LogP contribution in [0.3, 0.4) is 0 Å². The first-order valence-corrected chi connectivity index (χ1v) is 10.4. The van der Waals surface area contributed by atoms with Crippen molar-refractivity contribution in [3.63, 3.8) is 0 Å². The maximum atomic E-state index is 12.7. The average molecular weight is 434 g/mol. The van der Waals surface area contributed by atoms with Crippen molar-refractivity contribution >= 4 is 23.6 Å². The number of anilines is 1. The van der Waals surface area contributed by atoms with Crippen molar-refractivity contribution in [3.05, 3.63) is 59.7 Å². The van der Waals surface area contributed by atoms with Crippen LogP contribution in [0.2, 0.25) is 0 Å². The molecular weight excluding hydrogens is 406 g/mol. The highest BCUT2D eigenvalue weighted by molar-refractivity contribution is 6.07. The number of benzene rings is 2. The Morgan fingerprint density at radius 1 is 1.19 bits per heavy atom. The molecule has 32 heavy (non-hydrogen) atoms. The summed E-state index contributed by atoms with van der Waals surface area (Å²) in [5, 5.41) is 9.12. The Balaban J connectivity index is 1.65. The average Bonchev–Trinajstić information content (AvgIpc) is 2.82. The van der Waals surface area contributed by atoms with E-state index in [-0.39, 0.29) is 24.5 Å². The van der Waals surface area contributed by atoms with Gasteiger partial charge < -0.3 is 25.4 Å². The lowest BCUT2D eigenvalue weighted by molar-refractivity contribution is -0.111. The Hall–Kier alpha value is -3.76. The van der Waals surface area contributed by atoms with Gasteiger partial charge in [-0.3, -0.25) is 9.59 Å². The van der Waals surface area contributed by atoms with Gasteiger partial charge in [0.15, 0.2) is 11.5 Å². The summed E-state index contributed by atoms with van der Waals surface area (Å²) in [6.07, 6.45) is 10.0. The first kappa shape index (κ1) is 22.9. The smallest absolute Gasteiger partial charge is 0.253 e. The number of hydrogen-bond donors (Lipinski definition) is 3. The molecule has 0 spiro atoms. The summed E-state index contributed by atoms with van der Waals surface area (Å²) in [5.74, 6) is 2.91. The molecule has 3 N–H and O–H groups in total. The molecule has 0 saturated carbocycles. The Kier molecular flexibility index (Phi) is 8.29. The maximum absolute atomic E-state index is 12.7. The summed E-state index contributed by atoms with van der Waals surface area (Å²) in [4.78, 5) is 25.2. The van der Waals surface area contributed by atoms with Gasteiger partial charge in [-0.15, -0.1) is 6.42 Å². The van der Waals surface area contributed by atoms with Gasteiger partial charge in [0.2, 0.25) is 5.91 Å². The Labute approximate surface area is 188 Å². The summed E-state index contributed by atoms with van der Waals surface area (Å²) in [6, 6.07) is 12.4. The largest absolute Gasteiger partial charge is 0.493 e. The number of piperidine rings is 1. The lowest BCUT2D eigenvalue weighted by Crippen LogP contribution is -2.42. The van der Waals surface area contributed by atoms with Crippen molar-refractivity contribution in [2.75, 3.05) is 32.1 Å². The van der Waals surface area contributed by atoms with Crippen LogP contribution in [-0.4, -0.2) is 44.7 Å². The van der Waals surface area contributed by atoms with E-state index in [1.807, 2.05) is 0 Å². The lowest BCUT2D eigenvalue weighted by Gasteiger charge is -2.24. The van der Waals surface area contributed by atoms with E-state index in [9.17, 15) is 9.59 Å². The highest BCUT2D eigenvalue weighted by Crippen LogP contribution is 2.28. The molecule has 7 nitrogen and oxygen atoms in total. The molecule has 0 bridgehead atoms. The second-order valence-electron chi connectivity index (χ2n) is 7.27. The molecule has 2 amide bonds. The van der Waals surface area contributed by atoms with Crippen LogP contribution in [0.5, 0.6) is 11.5 Å². The second-order valence-corrected chi connectivity index (χ2v) is 7.27. The lowest BCUT2D eigenvalue weighted by atomic mass is 10.1. The van der Waals surface area contributed by atoms with Crippen molar-refractivity contribution in [3.8, 4) is 23.8 Å². The molecule has 0 atom stereocenters. The van der Waals surface area contributed by atoms with Gasteiger partial charge in [0.05, 0.1) is 18.4 Å². The molecule has 1 heterocycles. The summed E-state index contributed by atoms with van der Waals surface area (Å²) in [5.41, 5.74) is 1.65. The van der Waals surface area contributed by atoms with Crippen molar-refractivity contribution in [1.82, 2.24) is 10.6 Å². The Morgan fingerprint density at radius 3 is 2.72 bits per heavy atom. The van der Waals surface area contributed by atoms with E-state index in [2.05, 4.69) is 21.9 Å². The molecule has 0 aliphatic carbocycles. The van der Waals surface area contributed by atoms with Crippen LogP contribution in [-0.2, 0) is 4.79 Å². The molecule has 2 aromatic carbocycles. The van der Waals surface area contributed by atoms with Crippen LogP contribution < -0.4 is 25.4 Å². The van der Waals surface area contributed by atoms with Crippen LogP contribution in [0.25, 0.3) is 6.08 Å². The summed E-state index contributed by atoms with van der Waals surface area (Å²) in [7, 11) is 1.53. The fraction of sp³-hybridized carbons (Fsp3) is 0.280. The van der Waals surface area contributed by atoms with Gasteiger partial charge in [0, 0.05) is 12.1 Å². The minimum atomic E-state index is -0.348. The number of amides is 2.